The van der Waals surface area contributed by atoms with Crippen molar-refractivity contribution in [1.82, 2.24) is 4.90 Å². The summed E-state index contributed by atoms with van der Waals surface area (Å²) < 4.78 is 18.1. The maximum atomic E-state index is 14.0. The van der Waals surface area contributed by atoms with Crippen LogP contribution in [0.3, 0.4) is 0 Å². The lowest BCUT2D eigenvalue weighted by atomic mass is 9.72. The second-order valence-corrected chi connectivity index (χ2v) is 13.9. The van der Waals surface area contributed by atoms with Crippen molar-refractivity contribution in [3.63, 3.8) is 0 Å². The minimum Gasteiger partial charge on any atom is -0.507 e. The smallest absolute Gasteiger partial charge is 0.202 e. The number of carbonyl (C=O) groups excluding carboxylic acids is 3. The predicted molar refractivity (Wildman–Crippen MR) is 188 cm³/mol. The molecule has 1 saturated heterocycles. The molecule has 3 aliphatic rings. The molecule has 52 heavy (non-hydrogen) atoms. The van der Waals surface area contributed by atoms with Crippen LogP contribution in [0.25, 0.3) is 0 Å². The molecule has 4 N–H and O–H groups in total. The summed E-state index contributed by atoms with van der Waals surface area (Å²) in [7, 11) is 1.36. The Morgan fingerprint density at radius 2 is 1.50 bits per heavy atom. The van der Waals surface area contributed by atoms with Gasteiger partial charge in [0.1, 0.15) is 22.8 Å². The van der Waals surface area contributed by atoms with Crippen LogP contribution in [0.1, 0.15) is 86.9 Å². The summed E-state index contributed by atoms with van der Waals surface area (Å²) in [6.45, 7) is 3.96. The second-order valence-electron chi connectivity index (χ2n) is 13.9. The maximum Gasteiger partial charge on any atom is 0.202 e. The number of ether oxygens (including phenoxy) is 3. The van der Waals surface area contributed by atoms with Gasteiger partial charge in [-0.15, -0.1) is 0 Å². The van der Waals surface area contributed by atoms with E-state index in [2.05, 4.69) is 4.90 Å². The highest BCUT2D eigenvalue weighted by atomic mass is 16.7. The number of phenols is 2. The van der Waals surface area contributed by atoms with Gasteiger partial charge in [-0.05, 0) is 31.0 Å². The minimum absolute atomic E-state index is 0.0123. The minimum atomic E-state index is -2.04. The number of phenolic OH excluding ortho intramolecular Hbond substituents is 2. The molecule has 6 atom stereocenters. The lowest BCUT2D eigenvalue weighted by Crippen LogP contribution is -2.55. The number of methoxy groups -OCH3 is 1. The van der Waals surface area contributed by atoms with Gasteiger partial charge < -0.3 is 34.6 Å². The first-order valence-electron chi connectivity index (χ1n) is 17.3. The molecular formula is C41H41NO10. The summed E-state index contributed by atoms with van der Waals surface area (Å²) in [5.41, 5.74) is -0.954. The van der Waals surface area contributed by atoms with Gasteiger partial charge in [0.05, 0.1) is 42.1 Å². The molecule has 5 unspecified atom stereocenters. The quantitative estimate of drug-likeness (QED) is 0.156. The summed E-state index contributed by atoms with van der Waals surface area (Å²) in [6.07, 6.45) is -4.50. The number of rotatable bonds is 9. The van der Waals surface area contributed by atoms with Gasteiger partial charge in [-0.3, -0.25) is 19.3 Å². The van der Waals surface area contributed by atoms with E-state index in [4.69, 9.17) is 14.2 Å². The van der Waals surface area contributed by atoms with Crippen molar-refractivity contribution in [2.24, 2.45) is 0 Å². The fraction of sp³-hybridized carbons (Fsp3) is 0.341. The molecule has 1 aliphatic heterocycles. The molecule has 0 amide bonds. The lowest BCUT2D eigenvalue weighted by molar-refractivity contribution is -0.259. The number of aliphatic hydroxyl groups excluding tert-OH is 1. The molecule has 11 nitrogen and oxygen atoms in total. The Kier molecular flexibility index (Phi) is 9.49. The van der Waals surface area contributed by atoms with Gasteiger partial charge in [-0.25, -0.2) is 0 Å². The third-order valence-electron chi connectivity index (χ3n) is 10.6. The summed E-state index contributed by atoms with van der Waals surface area (Å²) in [4.78, 5) is 42.9. The third-order valence-corrected chi connectivity index (χ3v) is 10.6. The third kappa shape index (κ3) is 6.18. The number of carbonyl (C=O) groups is 3. The first kappa shape index (κ1) is 35.5. The fourth-order valence-corrected chi connectivity index (χ4v) is 7.89. The van der Waals surface area contributed by atoms with Crippen molar-refractivity contribution < 1.29 is 49.0 Å². The molecule has 0 bridgehead atoms. The molecule has 11 heteroatoms. The van der Waals surface area contributed by atoms with E-state index in [0.29, 0.717) is 13.1 Å². The van der Waals surface area contributed by atoms with Gasteiger partial charge in [-0.1, -0.05) is 72.8 Å². The number of aromatic hydroxyl groups is 2. The van der Waals surface area contributed by atoms with Gasteiger partial charge in [0.2, 0.25) is 5.78 Å². The zero-order valence-corrected chi connectivity index (χ0v) is 29.1. The Balaban J connectivity index is 1.28. The van der Waals surface area contributed by atoms with Crippen molar-refractivity contribution in [2.75, 3.05) is 7.11 Å². The van der Waals surface area contributed by atoms with E-state index in [1.165, 1.54) is 32.2 Å². The lowest BCUT2D eigenvalue weighted by Gasteiger charge is -2.45. The van der Waals surface area contributed by atoms with Crippen LogP contribution in [0.4, 0.5) is 0 Å². The van der Waals surface area contributed by atoms with Gasteiger partial charge in [-0.2, -0.15) is 0 Å². The number of hydrogen-bond donors (Lipinski definition) is 4. The highest BCUT2D eigenvalue weighted by Gasteiger charge is 2.50. The monoisotopic (exact) mass is 707 g/mol. The number of fused-ring (bicyclic) bond motifs is 3. The number of hydrogen-bond acceptors (Lipinski definition) is 11. The zero-order valence-electron chi connectivity index (χ0n) is 29.1. The molecule has 0 aromatic heterocycles. The summed E-state index contributed by atoms with van der Waals surface area (Å²) in [5, 5.41) is 46.8. The number of nitrogens with zero attached hydrogens (tertiary/aromatic N) is 1. The standard InChI is InChI=1S/C41H41NO10/c1-22-36(44)28(42(20-24-11-6-4-7-12-24)21-25-13-8-5-9-14-25)17-31(51-22)52-30-19-41(49,23(2)43)18-27-33(30)40(48)35-34(38(27)46)37(45)26-15-10-16-29(50-3)32(26)39(35)47/h4-16,22,28,30-31,36,44,46,48-49H,17-21H2,1-3H3/t22?,28?,30?,31?,36?,41-/m0/s1. The number of Topliss-reactive ketones (excluding diaryl/α,β-unsaturated/α-hetero) is 1. The molecule has 270 valence electrons. The number of benzene rings is 4. The zero-order chi connectivity index (χ0) is 36.9. The first-order chi connectivity index (χ1) is 24.9. The van der Waals surface area contributed by atoms with Crippen LogP contribution < -0.4 is 4.74 Å². The van der Waals surface area contributed by atoms with Gasteiger partial charge in [0, 0.05) is 55.1 Å². The van der Waals surface area contributed by atoms with Crippen molar-refractivity contribution in [3.05, 3.63) is 123 Å². The molecule has 7 rings (SSSR count). The number of aliphatic hydroxyl groups is 2. The van der Waals surface area contributed by atoms with Crippen molar-refractivity contribution in [1.29, 1.82) is 0 Å². The van der Waals surface area contributed by atoms with Crippen LogP contribution in [0.2, 0.25) is 0 Å². The maximum absolute atomic E-state index is 14.0. The Morgan fingerprint density at radius 1 is 0.885 bits per heavy atom. The molecule has 4 aromatic rings. The van der Waals surface area contributed by atoms with E-state index in [1.807, 2.05) is 60.7 Å². The van der Waals surface area contributed by atoms with Crippen LogP contribution >= 0.6 is 0 Å². The van der Waals surface area contributed by atoms with Crippen molar-refractivity contribution >= 4 is 17.3 Å². The largest absolute Gasteiger partial charge is 0.507 e. The summed E-state index contributed by atoms with van der Waals surface area (Å²) in [5.74, 6) is -3.14. The highest BCUT2D eigenvalue weighted by molar-refractivity contribution is 6.31. The van der Waals surface area contributed by atoms with E-state index in [9.17, 15) is 34.8 Å². The fourth-order valence-electron chi connectivity index (χ4n) is 7.89. The van der Waals surface area contributed by atoms with Crippen molar-refractivity contribution in [3.8, 4) is 17.2 Å². The summed E-state index contributed by atoms with van der Waals surface area (Å²) >= 11 is 0. The van der Waals surface area contributed by atoms with Crippen LogP contribution in [0.5, 0.6) is 17.2 Å². The van der Waals surface area contributed by atoms with E-state index < -0.39 is 82.6 Å². The Labute approximate surface area is 301 Å². The molecule has 2 aliphatic carbocycles. The Hall–Kier alpha value is -4.91. The Bertz CT molecular complexity index is 1990. The SMILES string of the molecule is COc1cccc2c1C(=O)c1c(O)c3c(c(O)c1C2=O)C[C@@](O)(C(C)=O)CC3OC1CC(N(Cc2ccccc2)Cc2ccccc2)C(O)C(C)O1. The van der Waals surface area contributed by atoms with E-state index in [-0.39, 0.29) is 40.8 Å². The van der Waals surface area contributed by atoms with Crippen LogP contribution in [-0.4, -0.2) is 79.9 Å². The summed E-state index contributed by atoms with van der Waals surface area (Å²) in [6, 6.07) is 23.8. The molecular weight excluding hydrogens is 666 g/mol. The molecule has 1 fully saturated rings. The van der Waals surface area contributed by atoms with Crippen LogP contribution in [-0.2, 0) is 33.8 Å². The van der Waals surface area contributed by atoms with E-state index in [1.54, 1.807) is 6.92 Å². The molecule has 0 saturated carbocycles. The normalized spacial score (nSPS) is 25.3. The number of ketones is 3. The molecule has 0 radical (unpaired) electrons. The average molecular weight is 708 g/mol. The van der Waals surface area contributed by atoms with Crippen LogP contribution in [0, 0.1) is 0 Å². The molecule has 4 aromatic carbocycles. The highest BCUT2D eigenvalue weighted by Crippen LogP contribution is 2.52. The Morgan fingerprint density at radius 3 is 2.10 bits per heavy atom. The van der Waals surface area contributed by atoms with E-state index >= 15 is 0 Å². The molecule has 0 spiro atoms. The van der Waals surface area contributed by atoms with E-state index in [0.717, 1.165) is 11.1 Å². The predicted octanol–water partition coefficient (Wildman–Crippen LogP) is 4.77. The topological polar surface area (TPSA) is 163 Å². The van der Waals surface area contributed by atoms with Gasteiger partial charge in [0.25, 0.3) is 0 Å². The van der Waals surface area contributed by atoms with Gasteiger partial charge >= 0.3 is 0 Å². The van der Waals surface area contributed by atoms with Gasteiger partial charge in [0.15, 0.2) is 17.9 Å². The average Bonchev–Trinajstić information content (AvgIpc) is 3.13. The first-order valence-corrected chi connectivity index (χ1v) is 17.3. The molecule has 1 heterocycles. The second kappa shape index (κ2) is 13.9. The van der Waals surface area contributed by atoms with Crippen molar-refractivity contribution in [2.45, 2.75) is 82.4 Å². The van der Waals surface area contributed by atoms with Crippen LogP contribution in [0.15, 0.2) is 78.9 Å².